The topological polar surface area (TPSA) is 59.2 Å². The Morgan fingerprint density at radius 2 is 1.78 bits per heavy atom. The number of fused-ring (bicyclic) bond motifs is 1. The van der Waals surface area contributed by atoms with E-state index in [0.717, 1.165) is 0 Å². The minimum atomic E-state index is -0.701. The van der Waals surface area contributed by atoms with Crippen LogP contribution in [0.1, 0.15) is 57.5 Å². The van der Waals surface area contributed by atoms with Crippen LogP contribution in [0.25, 0.3) is 10.9 Å². The van der Waals surface area contributed by atoms with Crippen LogP contribution in [0.3, 0.4) is 0 Å². The minimum absolute atomic E-state index is 0.107. The van der Waals surface area contributed by atoms with Crippen molar-refractivity contribution in [1.29, 1.82) is 0 Å². The number of aryl methyl sites for hydroxylation is 1. The average molecular weight is 323 g/mol. The number of nitrogens with one attached hydrogen (secondary N) is 1. The zero-order chi connectivity index (χ0) is 18.0. The maximum Gasteiger partial charge on any atom is 0.343 e. The highest BCUT2D eigenvalue weighted by molar-refractivity contribution is 5.93. The molecule has 0 aliphatic carbocycles. The Bertz CT molecular complexity index is 692. The van der Waals surface area contributed by atoms with Crippen LogP contribution in [0.15, 0.2) is 23.1 Å². The second-order valence-corrected chi connectivity index (χ2v) is 4.11. The number of H-pyrrole nitrogens is 1. The highest BCUT2D eigenvalue weighted by atomic mass is 19.1. The first-order valence-corrected chi connectivity index (χ1v) is 8.09. The van der Waals surface area contributed by atoms with Crippen molar-refractivity contribution in [2.24, 2.45) is 0 Å². The number of rotatable bonds is 3. The van der Waals surface area contributed by atoms with Gasteiger partial charge in [0.1, 0.15) is 11.4 Å². The molecule has 1 N–H and O–H groups in total. The Balaban J connectivity index is 0.00000112. The Hall–Kier alpha value is -2.17. The van der Waals surface area contributed by atoms with E-state index in [-0.39, 0.29) is 23.1 Å². The lowest BCUT2D eigenvalue weighted by atomic mass is 10.1. The molecule has 0 atom stereocenters. The molecule has 128 valence electrons. The summed E-state index contributed by atoms with van der Waals surface area (Å²) in [7, 11) is 0. The number of aromatic amines is 1. The lowest BCUT2D eigenvalue weighted by Gasteiger charge is -2.06. The highest BCUT2D eigenvalue weighted by Crippen LogP contribution is 2.16. The number of carbonyl (C=O) groups is 1. The van der Waals surface area contributed by atoms with Gasteiger partial charge < -0.3 is 9.72 Å². The molecule has 0 saturated carbocycles. The number of aromatic nitrogens is 1. The molecule has 1 heterocycles. The zero-order valence-electron chi connectivity index (χ0n) is 14.7. The molecule has 2 aromatic rings. The number of hydrogen-bond donors (Lipinski definition) is 1. The van der Waals surface area contributed by atoms with Crippen LogP contribution in [0.2, 0.25) is 0 Å². The van der Waals surface area contributed by atoms with Gasteiger partial charge >= 0.3 is 5.97 Å². The maximum atomic E-state index is 13.8. The van der Waals surface area contributed by atoms with E-state index in [1.165, 1.54) is 12.3 Å². The van der Waals surface area contributed by atoms with Crippen molar-refractivity contribution in [3.63, 3.8) is 0 Å². The lowest BCUT2D eigenvalue weighted by Crippen LogP contribution is -2.18. The molecule has 0 amide bonds. The third-order valence-electron chi connectivity index (χ3n) is 2.90. The van der Waals surface area contributed by atoms with Gasteiger partial charge in [-0.3, -0.25) is 4.79 Å². The van der Waals surface area contributed by atoms with Gasteiger partial charge in [-0.05, 0) is 31.0 Å². The minimum Gasteiger partial charge on any atom is -0.462 e. The Labute approximate surface area is 136 Å². The van der Waals surface area contributed by atoms with E-state index < -0.39 is 17.2 Å². The van der Waals surface area contributed by atoms with Crippen molar-refractivity contribution in [3.05, 3.63) is 45.5 Å². The maximum absolute atomic E-state index is 13.8. The number of carbonyl (C=O) groups excluding carboxylic acids is 1. The third kappa shape index (κ3) is 4.91. The normalized spacial score (nSPS) is 9.35. The van der Waals surface area contributed by atoms with Gasteiger partial charge in [-0.25, -0.2) is 9.18 Å². The van der Waals surface area contributed by atoms with Crippen molar-refractivity contribution < 1.29 is 13.9 Å². The van der Waals surface area contributed by atoms with Crippen molar-refractivity contribution in [2.75, 3.05) is 6.61 Å². The van der Waals surface area contributed by atoms with E-state index in [4.69, 9.17) is 4.74 Å². The molecule has 0 spiro atoms. The molecule has 1 aromatic carbocycles. The second-order valence-electron chi connectivity index (χ2n) is 4.11. The van der Waals surface area contributed by atoms with Gasteiger partial charge in [-0.15, -0.1) is 0 Å². The summed E-state index contributed by atoms with van der Waals surface area (Å²) in [4.78, 5) is 26.4. The van der Waals surface area contributed by atoms with E-state index >= 15 is 0 Å². The molecule has 2 rings (SSSR count). The number of ether oxygens (including phenoxy) is 1. The standard InChI is InChI=1S/C14H14FNO3.2C2H6/c1-3-8-5-9-12(11(15)6-8)16-7-10(13(9)17)14(18)19-4-2;2*1-2/h5-7H,3-4H2,1-2H3,(H,16,17);2*1-2H3. The number of halogens is 1. The van der Waals surface area contributed by atoms with Crippen LogP contribution in [0.5, 0.6) is 0 Å². The summed E-state index contributed by atoms with van der Waals surface area (Å²) in [6.45, 7) is 11.7. The summed E-state index contributed by atoms with van der Waals surface area (Å²) >= 11 is 0. The molecular weight excluding hydrogens is 297 g/mol. The Morgan fingerprint density at radius 3 is 2.30 bits per heavy atom. The fourth-order valence-electron chi connectivity index (χ4n) is 1.91. The quantitative estimate of drug-likeness (QED) is 0.848. The molecular formula is C18H26FNO3. The predicted molar refractivity (Wildman–Crippen MR) is 92.6 cm³/mol. The molecule has 0 saturated heterocycles. The van der Waals surface area contributed by atoms with E-state index in [0.29, 0.717) is 12.0 Å². The van der Waals surface area contributed by atoms with Crippen LogP contribution in [-0.4, -0.2) is 17.6 Å². The first-order valence-electron chi connectivity index (χ1n) is 8.09. The van der Waals surface area contributed by atoms with Gasteiger partial charge in [0.2, 0.25) is 5.43 Å². The van der Waals surface area contributed by atoms with Gasteiger partial charge in [0.25, 0.3) is 0 Å². The van der Waals surface area contributed by atoms with Crippen molar-refractivity contribution in [1.82, 2.24) is 4.98 Å². The van der Waals surface area contributed by atoms with Gasteiger partial charge in [-0.2, -0.15) is 0 Å². The molecule has 23 heavy (non-hydrogen) atoms. The van der Waals surface area contributed by atoms with Crippen LogP contribution in [0.4, 0.5) is 4.39 Å². The summed E-state index contributed by atoms with van der Waals surface area (Å²) in [5, 5.41) is 0.169. The van der Waals surface area contributed by atoms with Crippen LogP contribution in [0, 0.1) is 5.82 Å². The number of benzene rings is 1. The van der Waals surface area contributed by atoms with Crippen LogP contribution >= 0.6 is 0 Å². The largest absolute Gasteiger partial charge is 0.462 e. The first-order chi connectivity index (χ1) is 11.1. The third-order valence-corrected chi connectivity index (χ3v) is 2.90. The monoisotopic (exact) mass is 323 g/mol. The van der Waals surface area contributed by atoms with E-state index in [2.05, 4.69) is 4.98 Å². The fraction of sp³-hybridized carbons (Fsp3) is 0.444. The number of esters is 1. The molecule has 4 nitrogen and oxygen atoms in total. The molecule has 5 heteroatoms. The first kappa shape index (κ1) is 20.8. The van der Waals surface area contributed by atoms with Gasteiger partial charge in [-0.1, -0.05) is 34.6 Å². The van der Waals surface area contributed by atoms with Crippen molar-refractivity contribution in [3.8, 4) is 0 Å². The van der Waals surface area contributed by atoms with Crippen LogP contribution in [-0.2, 0) is 11.2 Å². The van der Waals surface area contributed by atoms with E-state index in [1.807, 2.05) is 34.6 Å². The van der Waals surface area contributed by atoms with Gasteiger partial charge in [0.15, 0.2) is 0 Å². The fourth-order valence-corrected chi connectivity index (χ4v) is 1.91. The summed E-state index contributed by atoms with van der Waals surface area (Å²) in [6, 6.07) is 2.97. The molecule has 0 fully saturated rings. The molecule has 1 aromatic heterocycles. The average Bonchev–Trinajstić information content (AvgIpc) is 2.59. The molecule has 0 bridgehead atoms. The summed E-state index contributed by atoms with van der Waals surface area (Å²) in [5.74, 6) is -1.20. The molecule has 0 radical (unpaired) electrons. The van der Waals surface area contributed by atoms with E-state index in [9.17, 15) is 14.0 Å². The van der Waals surface area contributed by atoms with Gasteiger partial charge in [0, 0.05) is 11.6 Å². The molecule has 0 aliphatic heterocycles. The summed E-state index contributed by atoms with van der Waals surface area (Å²) < 4.78 is 18.6. The SMILES string of the molecule is CC.CC.CCOC(=O)c1c[nH]c2c(F)cc(CC)cc2c1=O. The predicted octanol–water partition coefficient (Wildman–Crippen LogP) is 4.46. The summed E-state index contributed by atoms with van der Waals surface area (Å²) in [6.07, 6.45) is 1.80. The number of hydrogen-bond acceptors (Lipinski definition) is 3. The Morgan fingerprint density at radius 1 is 1.17 bits per heavy atom. The highest BCUT2D eigenvalue weighted by Gasteiger charge is 2.15. The lowest BCUT2D eigenvalue weighted by molar-refractivity contribution is 0.0524. The Kier molecular flexibility index (Phi) is 9.54. The molecule has 0 aliphatic rings. The van der Waals surface area contributed by atoms with Gasteiger partial charge in [0.05, 0.1) is 12.1 Å². The van der Waals surface area contributed by atoms with Crippen molar-refractivity contribution in [2.45, 2.75) is 48.0 Å². The van der Waals surface area contributed by atoms with Crippen LogP contribution < -0.4 is 5.43 Å². The summed E-state index contributed by atoms with van der Waals surface area (Å²) in [5.41, 5.74) is 0.190. The molecule has 0 unspecified atom stereocenters. The van der Waals surface area contributed by atoms with E-state index in [1.54, 1.807) is 13.0 Å². The van der Waals surface area contributed by atoms with Crippen molar-refractivity contribution >= 4 is 16.9 Å². The smallest absolute Gasteiger partial charge is 0.343 e. The zero-order valence-corrected chi connectivity index (χ0v) is 14.7. The number of pyridine rings is 1. The second kappa shape index (κ2) is 10.5.